The third-order valence-corrected chi connectivity index (χ3v) is 14.7. The summed E-state index contributed by atoms with van der Waals surface area (Å²) in [4.78, 5) is 0. The molecule has 0 unspecified atom stereocenters. The van der Waals surface area contributed by atoms with Crippen molar-refractivity contribution in [3.05, 3.63) is 43.2 Å². The van der Waals surface area contributed by atoms with E-state index in [1.807, 2.05) is 7.76 Å². The van der Waals surface area contributed by atoms with Gasteiger partial charge < -0.3 is 0 Å². The van der Waals surface area contributed by atoms with Crippen LogP contribution in [0.2, 0.25) is 13.1 Å². The fourth-order valence-electron chi connectivity index (χ4n) is 2.52. The van der Waals surface area contributed by atoms with E-state index in [0.29, 0.717) is 0 Å². The Kier molecular flexibility index (Phi) is 8.12. The predicted molar refractivity (Wildman–Crippen MR) is 84.9 cm³/mol. The summed E-state index contributed by atoms with van der Waals surface area (Å²) in [7, 11) is 0. The van der Waals surface area contributed by atoms with E-state index < -0.39 is 16.6 Å². The summed E-state index contributed by atoms with van der Waals surface area (Å²) in [6.45, 7) is 9.52. The van der Waals surface area contributed by atoms with Crippen LogP contribution in [0.25, 0.3) is 0 Å². The van der Waals surface area contributed by atoms with E-state index in [9.17, 15) is 0 Å². The molecule has 0 bridgehead atoms. The van der Waals surface area contributed by atoms with Gasteiger partial charge in [-0.15, -0.1) is 24.8 Å². The zero-order valence-corrected chi connectivity index (χ0v) is 15.7. The van der Waals surface area contributed by atoms with E-state index in [2.05, 4.69) is 51.2 Å². The van der Waals surface area contributed by atoms with Crippen LogP contribution in [0.1, 0.15) is 26.7 Å². The molecule has 0 heterocycles. The fourth-order valence-corrected chi connectivity index (χ4v) is 14.0. The third-order valence-electron chi connectivity index (χ3n) is 3.23. The molecule has 0 fully saturated rings. The molecule has 0 nitrogen and oxygen atoms in total. The molecule has 2 aliphatic rings. The first-order valence-electron chi connectivity index (χ1n) is 6.01. The van der Waals surface area contributed by atoms with Crippen molar-refractivity contribution in [3.8, 4) is 0 Å². The molecule has 2 rings (SSSR count). The van der Waals surface area contributed by atoms with Gasteiger partial charge in [0.2, 0.25) is 0 Å². The topological polar surface area (TPSA) is 0 Å². The van der Waals surface area contributed by atoms with E-state index >= 15 is 0 Å². The molecule has 2 aliphatic carbocycles. The first-order chi connectivity index (χ1) is 7.58. The Balaban J connectivity index is 0.00000144. The summed E-state index contributed by atoms with van der Waals surface area (Å²) in [5.74, 6) is 0. The molecule has 0 saturated carbocycles. The van der Waals surface area contributed by atoms with Crippen LogP contribution >= 0.6 is 24.8 Å². The Morgan fingerprint density at radius 1 is 0.889 bits per heavy atom. The van der Waals surface area contributed by atoms with Gasteiger partial charge in [-0.1, -0.05) is 0 Å². The Hall–Kier alpha value is 0.471. The van der Waals surface area contributed by atoms with Crippen LogP contribution in [0.5, 0.6) is 0 Å². The minimum Gasteiger partial charge on any atom is -0.147 e. The summed E-state index contributed by atoms with van der Waals surface area (Å²) in [6, 6.07) is 0. The van der Waals surface area contributed by atoms with Gasteiger partial charge >= 0.3 is 106 Å². The SMILES string of the molecule is CC1=CC[C]([Ti]([C]2=CC(C)=CC2)=[Si](C)C)=C1.Cl.Cl. The monoisotopic (exact) mass is 336 g/mol. The minimum absolute atomic E-state index is 0. The molecule has 100 valence electrons. The number of rotatable bonds is 2. The Morgan fingerprint density at radius 2 is 1.28 bits per heavy atom. The zero-order chi connectivity index (χ0) is 11.7. The number of halogens is 2. The van der Waals surface area contributed by atoms with Crippen molar-refractivity contribution >= 4 is 31.0 Å². The van der Waals surface area contributed by atoms with E-state index in [1.54, 1.807) is 0 Å². The molecule has 0 aromatic heterocycles. The van der Waals surface area contributed by atoms with Gasteiger partial charge in [0.15, 0.2) is 0 Å². The summed E-state index contributed by atoms with van der Waals surface area (Å²) < 4.78 is 3.65. The molecule has 0 saturated heterocycles. The van der Waals surface area contributed by atoms with Crippen molar-refractivity contribution in [2.24, 2.45) is 0 Å². The standard InChI is InChI=1S/2C6H7.C2H6Si.2ClH.Ti/c2*1-6-4-2-3-5-6;1-3-2;;;/h2*4-5H,2H2,1H3;1-2H3;2*1H;. The smallest absolute Gasteiger partial charge is 0.147 e. The predicted octanol–water partition coefficient (Wildman–Crippen LogP) is 5.17. The second-order valence-electron chi connectivity index (χ2n) is 5.02. The number of hydrogen-bond acceptors (Lipinski definition) is 0. The van der Waals surface area contributed by atoms with E-state index in [0.717, 1.165) is 0 Å². The van der Waals surface area contributed by atoms with E-state index in [1.165, 1.54) is 24.0 Å². The van der Waals surface area contributed by atoms with Crippen LogP contribution in [-0.2, 0) is 16.6 Å². The molecule has 0 aromatic rings. The van der Waals surface area contributed by atoms with Gasteiger partial charge in [0.05, 0.1) is 0 Å². The van der Waals surface area contributed by atoms with Gasteiger partial charge in [0, 0.05) is 0 Å². The van der Waals surface area contributed by atoms with Crippen LogP contribution in [0.4, 0.5) is 0 Å². The average Bonchev–Trinajstić information content (AvgIpc) is 2.76. The molecule has 0 aliphatic heterocycles. The number of hydrogen-bond donors (Lipinski definition) is 0. The van der Waals surface area contributed by atoms with Crippen LogP contribution in [0, 0.1) is 0 Å². The van der Waals surface area contributed by atoms with Gasteiger partial charge in [0.1, 0.15) is 0 Å². The Labute approximate surface area is 130 Å². The molecule has 0 atom stereocenters. The van der Waals surface area contributed by atoms with Gasteiger partial charge in [-0.3, -0.25) is 0 Å². The van der Waals surface area contributed by atoms with Crippen molar-refractivity contribution < 1.29 is 16.6 Å². The molecular formula is C14H22Cl2SiTi. The van der Waals surface area contributed by atoms with E-state index in [4.69, 9.17) is 0 Å². The molecule has 18 heavy (non-hydrogen) atoms. The Morgan fingerprint density at radius 3 is 1.50 bits per heavy atom. The van der Waals surface area contributed by atoms with Crippen LogP contribution < -0.4 is 0 Å². The largest absolute Gasteiger partial charge is 0.147 e. The van der Waals surface area contributed by atoms with Crippen molar-refractivity contribution in [1.82, 2.24) is 0 Å². The van der Waals surface area contributed by atoms with E-state index in [-0.39, 0.29) is 31.0 Å². The molecule has 0 spiro atoms. The minimum atomic E-state index is -1.07. The Bertz CT molecular complexity index is 440. The van der Waals surface area contributed by atoms with Crippen molar-refractivity contribution in [2.75, 3.05) is 0 Å². The first-order valence-corrected chi connectivity index (χ1v) is 12.4. The van der Waals surface area contributed by atoms with Crippen LogP contribution in [0.3, 0.4) is 0 Å². The van der Waals surface area contributed by atoms with Crippen molar-refractivity contribution in [2.45, 2.75) is 39.8 Å². The second-order valence-corrected chi connectivity index (χ2v) is 16.9. The van der Waals surface area contributed by atoms with Crippen molar-refractivity contribution in [1.29, 1.82) is 0 Å². The summed E-state index contributed by atoms with van der Waals surface area (Å²) in [5.41, 5.74) is 2.98. The number of allylic oxidation sites excluding steroid dienone is 8. The van der Waals surface area contributed by atoms with Crippen LogP contribution in [0.15, 0.2) is 43.2 Å². The van der Waals surface area contributed by atoms with Gasteiger partial charge in [-0.05, 0) is 0 Å². The zero-order valence-electron chi connectivity index (χ0n) is 11.5. The normalized spacial score (nSPS) is 16.9. The average molecular weight is 337 g/mol. The molecular weight excluding hydrogens is 315 g/mol. The first kappa shape index (κ1) is 18.5. The molecule has 4 heteroatoms. The van der Waals surface area contributed by atoms with Gasteiger partial charge in [-0.2, -0.15) is 0 Å². The third kappa shape index (κ3) is 4.25. The van der Waals surface area contributed by atoms with Crippen LogP contribution in [-0.4, -0.2) is 6.19 Å². The molecule has 0 N–H and O–H groups in total. The quantitative estimate of drug-likeness (QED) is 0.610. The second kappa shape index (κ2) is 7.92. The maximum atomic E-state index is 2.52. The summed E-state index contributed by atoms with van der Waals surface area (Å²) in [5, 5.41) is 0. The molecule has 0 radical (unpaired) electrons. The van der Waals surface area contributed by atoms with Crippen molar-refractivity contribution in [3.63, 3.8) is 0 Å². The molecule has 0 amide bonds. The maximum absolute atomic E-state index is 2.52. The maximum Gasteiger partial charge on any atom is -0.147 e. The molecule has 0 aromatic carbocycles. The fraction of sp³-hybridized carbons (Fsp3) is 0.429. The summed E-state index contributed by atoms with van der Waals surface area (Å²) >= 11 is -1.07. The van der Waals surface area contributed by atoms with Gasteiger partial charge in [0.25, 0.3) is 0 Å². The van der Waals surface area contributed by atoms with Gasteiger partial charge in [-0.25, -0.2) is 0 Å². The summed E-state index contributed by atoms with van der Waals surface area (Å²) in [6.07, 6.45) is 12.2.